The molecule has 0 aliphatic carbocycles. The molecule has 4 nitrogen and oxygen atoms in total. The highest BCUT2D eigenvalue weighted by Crippen LogP contribution is 2.12. The highest BCUT2D eigenvalue weighted by Gasteiger charge is 2.21. The van der Waals surface area contributed by atoms with Crippen LogP contribution in [-0.2, 0) is 22.9 Å². The van der Waals surface area contributed by atoms with Gasteiger partial charge >= 0.3 is 0 Å². The Morgan fingerprint density at radius 1 is 1.26 bits per heavy atom. The van der Waals surface area contributed by atoms with E-state index in [1.165, 1.54) is 12.1 Å². The van der Waals surface area contributed by atoms with Gasteiger partial charge in [0.05, 0.1) is 11.5 Å². The molecule has 0 radical (unpaired) electrons. The van der Waals surface area contributed by atoms with Crippen molar-refractivity contribution in [2.45, 2.75) is 33.4 Å². The molecular weight excluding hydrogens is 260 g/mol. The maximum atomic E-state index is 11.4. The summed E-state index contributed by atoms with van der Waals surface area (Å²) in [6.07, 6.45) is 3.30. The number of hydrogen-bond donors (Lipinski definition) is 0. The van der Waals surface area contributed by atoms with E-state index in [0.717, 1.165) is 13.1 Å². The molecule has 1 aromatic heterocycles. The average Bonchev–Trinajstić information content (AvgIpc) is 2.77. The fourth-order valence-electron chi connectivity index (χ4n) is 2.35. The van der Waals surface area contributed by atoms with Gasteiger partial charge in [-0.1, -0.05) is 13.8 Å². The van der Waals surface area contributed by atoms with Crippen LogP contribution in [0, 0.1) is 5.92 Å². The molecule has 5 heteroatoms. The summed E-state index contributed by atoms with van der Waals surface area (Å²) in [4.78, 5) is 2.24. The predicted molar refractivity (Wildman–Crippen MR) is 77.8 cm³/mol. The maximum Gasteiger partial charge on any atom is 0.152 e. The molecule has 108 valence electrons. The summed E-state index contributed by atoms with van der Waals surface area (Å²) in [5.74, 6) is 1.31. The van der Waals surface area contributed by atoms with Crippen molar-refractivity contribution in [2.75, 3.05) is 24.6 Å². The summed E-state index contributed by atoms with van der Waals surface area (Å²) in [6, 6.07) is 4.22. The van der Waals surface area contributed by atoms with Gasteiger partial charge in [-0.2, -0.15) is 0 Å². The highest BCUT2D eigenvalue weighted by molar-refractivity contribution is 7.91. The molecule has 0 amide bonds. The van der Waals surface area contributed by atoms with Crippen LogP contribution in [0.3, 0.4) is 0 Å². The highest BCUT2D eigenvalue weighted by atomic mass is 32.2. The molecule has 0 bridgehead atoms. The summed E-state index contributed by atoms with van der Waals surface area (Å²) in [7, 11) is -2.77. The second-order valence-electron chi connectivity index (χ2n) is 5.80. The van der Waals surface area contributed by atoms with Crippen LogP contribution in [0.5, 0.6) is 0 Å². The Bertz CT molecular complexity index is 491. The fraction of sp³-hybridized carbons (Fsp3) is 0.714. The summed E-state index contributed by atoms with van der Waals surface area (Å²) in [5.41, 5.74) is 1.29. The topological polar surface area (TPSA) is 42.3 Å². The smallest absolute Gasteiger partial charge is 0.152 e. The van der Waals surface area contributed by atoms with E-state index in [0.29, 0.717) is 30.5 Å². The molecule has 0 atom stereocenters. The largest absolute Gasteiger partial charge is 0.350 e. The van der Waals surface area contributed by atoms with E-state index < -0.39 is 9.84 Å². The van der Waals surface area contributed by atoms with E-state index in [4.69, 9.17) is 0 Å². The first kappa shape index (κ1) is 14.6. The van der Waals surface area contributed by atoms with Gasteiger partial charge in [0, 0.05) is 38.1 Å². The molecule has 1 saturated heterocycles. The van der Waals surface area contributed by atoms with Crippen molar-refractivity contribution >= 4 is 9.84 Å². The molecule has 1 aliphatic heterocycles. The minimum Gasteiger partial charge on any atom is -0.350 e. The Kier molecular flexibility index (Phi) is 4.68. The van der Waals surface area contributed by atoms with Gasteiger partial charge in [-0.05, 0) is 24.5 Å². The van der Waals surface area contributed by atoms with Crippen molar-refractivity contribution < 1.29 is 8.42 Å². The summed E-state index contributed by atoms with van der Waals surface area (Å²) < 4.78 is 25.1. The van der Waals surface area contributed by atoms with Crippen LogP contribution in [-0.4, -0.2) is 42.5 Å². The molecule has 0 unspecified atom stereocenters. The number of rotatable bonds is 5. The minimum absolute atomic E-state index is 0.305. The third-order valence-electron chi connectivity index (χ3n) is 3.69. The minimum atomic E-state index is -2.77. The molecule has 1 aromatic rings. The van der Waals surface area contributed by atoms with Gasteiger partial charge in [-0.15, -0.1) is 0 Å². The van der Waals surface area contributed by atoms with E-state index in [9.17, 15) is 8.42 Å². The van der Waals surface area contributed by atoms with E-state index >= 15 is 0 Å². The molecule has 0 aromatic carbocycles. The zero-order chi connectivity index (χ0) is 13.9. The van der Waals surface area contributed by atoms with Crippen molar-refractivity contribution in [3.05, 3.63) is 24.0 Å². The van der Waals surface area contributed by atoms with Gasteiger partial charge in [0.1, 0.15) is 0 Å². The number of aromatic nitrogens is 1. The lowest BCUT2D eigenvalue weighted by molar-refractivity contribution is 0.279. The Hall–Kier alpha value is -0.810. The van der Waals surface area contributed by atoms with Gasteiger partial charge in [-0.25, -0.2) is 8.42 Å². The fourth-order valence-corrected chi connectivity index (χ4v) is 3.62. The number of nitrogens with zero attached hydrogens (tertiary/aromatic N) is 2. The third-order valence-corrected chi connectivity index (χ3v) is 5.30. The Morgan fingerprint density at radius 3 is 2.58 bits per heavy atom. The molecule has 19 heavy (non-hydrogen) atoms. The van der Waals surface area contributed by atoms with Gasteiger partial charge < -0.3 is 4.57 Å². The zero-order valence-electron chi connectivity index (χ0n) is 11.9. The van der Waals surface area contributed by atoms with Crippen molar-refractivity contribution in [3.63, 3.8) is 0 Å². The first-order chi connectivity index (χ1) is 8.96. The van der Waals surface area contributed by atoms with Crippen LogP contribution in [0.2, 0.25) is 0 Å². The first-order valence-electron chi connectivity index (χ1n) is 7.03. The summed E-state index contributed by atoms with van der Waals surface area (Å²) in [5, 5.41) is 0. The molecule has 2 rings (SSSR count). The standard InChI is InChI=1S/C14H24N2O2S/c1-13(2)5-7-16-6-3-4-14(16)12-15-8-10-19(17,18)11-9-15/h3-4,6,13H,5,7-12H2,1-2H3. The first-order valence-corrected chi connectivity index (χ1v) is 8.85. The monoisotopic (exact) mass is 284 g/mol. The SMILES string of the molecule is CC(C)CCn1cccc1CN1CCS(=O)(=O)CC1. The molecule has 2 heterocycles. The van der Waals surface area contributed by atoms with Gasteiger partial charge in [0.25, 0.3) is 0 Å². The Labute approximate surface area is 116 Å². The van der Waals surface area contributed by atoms with Gasteiger partial charge in [-0.3, -0.25) is 4.90 Å². The maximum absolute atomic E-state index is 11.4. The molecule has 0 saturated carbocycles. The molecule has 1 aliphatic rings. The van der Waals surface area contributed by atoms with Crippen LogP contribution in [0.25, 0.3) is 0 Å². The van der Waals surface area contributed by atoms with Crippen LogP contribution in [0.4, 0.5) is 0 Å². The Balaban J connectivity index is 1.91. The van der Waals surface area contributed by atoms with Crippen LogP contribution in [0.1, 0.15) is 26.0 Å². The summed E-state index contributed by atoms with van der Waals surface area (Å²) in [6.45, 7) is 7.71. The molecule has 0 spiro atoms. The van der Waals surface area contributed by atoms with E-state index in [2.05, 4.69) is 41.6 Å². The van der Waals surface area contributed by atoms with Gasteiger partial charge in [0.15, 0.2) is 9.84 Å². The van der Waals surface area contributed by atoms with Crippen LogP contribution < -0.4 is 0 Å². The van der Waals surface area contributed by atoms with Crippen molar-refractivity contribution in [1.82, 2.24) is 9.47 Å². The number of aryl methyl sites for hydroxylation is 1. The number of hydrogen-bond acceptors (Lipinski definition) is 3. The second kappa shape index (κ2) is 6.09. The molecular formula is C14H24N2O2S. The van der Waals surface area contributed by atoms with Crippen LogP contribution >= 0.6 is 0 Å². The normalized spacial score (nSPS) is 19.9. The predicted octanol–water partition coefficient (Wildman–Crippen LogP) is 1.76. The van der Waals surface area contributed by atoms with Crippen molar-refractivity contribution in [1.29, 1.82) is 0 Å². The quantitative estimate of drug-likeness (QED) is 0.827. The van der Waals surface area contributed by atoms with Crippen molar-refractivity contribution in [3.8, 4) is 0 Å². The summed E-state index contributed by atoms with van der Waals surface area (Å²) >= 11 is 0. The van der Waals surface area contributed by atoms with E-state index in [1.807, 2.05) is 0 Å². The zero-order valence-corrected chi connectivity index (χ0v) is 12.7. The second-order valence-corrected chi connectivity index (χ2v) is 8.11. The molecule has 1 fully saturated rings. The lowest BCUT2D eigenvalue weighted by Gasteiger charge is -2.27. The van der Waals surface area contributed by atoms with E-state index in [-0.39, 0.29) is 0 Å². The van der Waals surface area contributed by atoms with Crippen molar-refractivity contribution in [2.24, 2.45) is 5.92 Å². The van der Waals surface area contributed by atoms with E-state index in [1.54, 1.807) is 0 Å². The number of sulfone groups is 1. The lowest BCUT2D eigenvalue weighted by atomic mass is 10.1. The average molecular weight is 284 g/mol. The molecule has 0 N–H and O–H groups in total. The lowest BCUT2D eigenvalue weighted by Crippen LogP contribution is -2.40. The van der Waals surface area contributed by atoms with Crippen LogP contribution in [0.15, 0.2) is 18.3 Å². The third kappa shape index (κ3) is 4.35. The Morgan fingerprint density at radius 2 is 1.95 bits per heavy atom. The van der Waals surface area contributed by atoms with Gasteiger partial charge in [0.2, 0.25) is 0 Å².